The molecule has 0 aliphatic heterocycles. The molecule has 1 N–H and O–H groups in total. The van der Waals surface area contributed by atoms with Crippen molar-refractivity contribution in [3.63, 3.8) is 0 Å². The van der Waals surface area contributed by atoms with E-state index in [4.69, 9.17) is 0 Å². The summed E-state index contributed by atoms with van der Waals surface area (Å²) in [4.78, 5) is 25.3. The zero-order chi connectivity index (χ0) is 8.97. The number of amides is 2. The molecule has 4 nitrogen and oxygen atoms in total. The number of aromatic nitrogens is 1. The number of rotatable bonds is 1. The van der Waals surface area contributed by atoms with E-state index in [9.17, 15) is 9.59 Å². The molecule has 0 radical (unpaired) electrons. The summed E-state index contributed by atoms with van der Waals surface area (Å²) in [7, 11) is 0. The fourth-order valence-corrected chi connectivity index (χ4v) is 0.721. The first kappa shape index (κ1) is 8.39. The average Bonchev–Trinajstić information content (AvgIpc) is 2.05. The number of nitrogens with one attached hydrogen (secondary N) is 1. The van der Waals surface area contributed by atoms with Gasteiger partial charge in [0.2, 0.25) is 5.91 Å². The quantitative estimate of drug-likeness (QED) is 0.651. The summed E-state index contributed by atoms with van der Waals surface area (Å²) in [6.07, 6.45) is 1.50. The van der Waals surface area contributed by atoms with Crippen molar-refractivity contribution in [1.82, 2.24) is 10.3 Å². The molecule has 0 aromatic carbocycles. The molecule has 12 heavy (non-hydrogen) atoms. The molecule has 1 aromatic heterocycles. The number of nitrogens with zero attached hydrogens (tertiary/aromatic N) is 1. The summed E-state index contributed by atoms with van der Waals surface area (Å²) in [5, 5.41) is 2.12. The maximum atomic E-state index is 11.1. The van der Waals surface area contributed by atoms with Crippen LogP contribution in [-0.2, 0) is 4.79 Å². The fraction of sp³-hybridized carbons (Fsp3) is 0.125. The predicted octanol–water partition coefficient (Wildman–Crippen LogP) is 0.358. The second-order valence-corrected chi connectivity index (χ2v) is 2.23. The molecule has 4 heteroatoms. The number of imide groups is 1. The molecule has 0 fully saturated rings. The summed E-state index contributed by atoms with van der Waals surface area (Å²) in [5.41, 5.74) is 0.243. The van der Waals surface area contributed by atoms with Crippen molar-refractivity contribution in [1.29, 1.82) is 0 Å². The highest BCUT2D eigenvalue weighted by molar-refractivity contribution is 6.02. The Bertz CT molecular complexity index is 295. The van der Waals surface area contributed by atoms with Crippen LogP contribution in [-0.4, -0.2) is 16.8 Å². The third kappa shape index (κ3) is 2.16. The van der Waals surface area contributed by atoms with Gasteiger partial charge in [-0.1, -0.05) is 6.07 Å². The van der Waals surface area contributed by atoms with Gasteiger partial charge in [0.05, 0.1) is 0 Å². The van der Waals surface area contributed by atoms with E-state index in [-0.39, 0.29) is 11.6 Å². The van der Waals surface area contributed by atoms with E-state index in [2.05, 4.69) is 10.3 Å². The first-order chi connectivity index (χ1) is 5.70. The van der Waals surface area contributed by atoms with Crippen molar-refractivity contribution in [2.45, 2.75) is 6.92 Å². The van der Waals surface area contributed by atoms with Gasteiger partial charge in [0.25, 0.3) is 5.91 Å². The lowest BCUT2D eigenvalue weighted by molar-refractivity contribution is -0.118. The molecule has 0 saturated heterocycles. The summed E-state index contributed by atoms with van der Waals surface area (Å²) in [5.74, 6) is -0.853. The molecule has 0 spiro atoms. The minimum Gasteiger partial charge on any atom is -0.291 e. The molecule has 1 aromatic rings. The van der Waals surface area contributed by atoms with Gasteiger partial charge in [-0.15, -0.1) is 0 Å². The number of hydrogen-bond donors (Lipinski definition) is 1. The Balaban J connectivity index is 2.73. The van der Waals surface area contributed by atoms with Crippen molar-refractivity contribution in [2.75, 3.05) is 0 Å². The summed E-state index contributed by atoms with van der Waals surface area (Å²) in [6, 6.07) is 4.92. The topological polar surface area (TPSA) is 59.1 Å². The molecule has 0 aliphatic rings. The summed E-state index contributed by atoms with van der Waals surface area (Å²) in [6.45, 7) is 1.28. The van der Waals surface area contributed by atoms with Crippen molar-refractivity contribution in [2.24, 2.45) is 0 Å². The van der Waals surface area contributed by atoms with Gasteiger partial charge < -0.3 is 0 Å². The summed E-state index contributed by atoms with van der Waals surface area (Å²) >= 11 is 0. The van der Waals surface area contributed by atoms with Crippen LogP contribution in [0.15, 0.2) is 24.4 Å². The standard InChI is InChI=1S/C8H8N2O2/c1-6(11)10-8(12)7-4-2-3-5-9-7/h2-5H,1H3,(H,10,11,12). The lowest BCUT2D eigenvalue weighted by Crippen LogP contribution is -2.28. The van der Waals surface area contributed by atoms with Gasteiger partial charge in [0.15, 0.2) is 0 Å². The summed E-state index contributed by atoms with van der Waals surface area (Å²) < 4.78 is 0. The third-order valence-corrected chi connectivity index (χ3v) is 1.19. The maximum absolute atomic E-state index is 11.1. The molecular weight excluding hydrogens is 156 g/mol. The van der Waals surface area contributed by atoms with Crippen molar-refractivity contribution >= 4 is 11.8 Å². The van der Waals surface area contributed by atoms with Crippen LogP contribution in [0.2, 0.25) is 0 Å². The van der Waals surface area contributed by atoms with Gasteiger partial charge in [-0.05, 0) is 12.1 Å². The Morgan fingerprint density at radius 2 is 2.17 bits per heavy atom. The smallest absolute Gasteiger partial charge is 0.276 e. The van der Waals surface area contributed by atoms with Crippen LogP contribution >= 0.6 is 0 Å². The van der Waals surface area contributed by atoms with Crippen LogP contribution < -0.4 is 5.32 Å². The van der Waals surface area contributed by atoms with E-state index in [0.717, 1.165) is 0 Å². The van der Waals surface area contributed by atoms with E-state index >= 15 is 0 Å². The predicted molar refractivity (Wildman–Crippen MR) is 42.4 cm³/mol. The SMILES string of the molecule is CC(=O)NC(=O)c1ccccn1. The zero-order valence-electron chi connectivity index (χ0n) is 6.57. The largest absolute Gasteiger partial charge is 0.291 e. The molecule has 62 valence electrons. The van der Waals surface area contributed by atoms with E-state index in [1.54, 1.807) is 12.1 Å². The van der Waals surface area contributed by atoms with E-state index in [1.807, 2.05) is 0 Å². The van der Waals surface area contributed by atoms with Gasteiger partial charge in [0.1, 0.15) is 5.69 Å². The molecular formula is C8H8N2O2. The van der Waals surface area contributed by atoms with Crippen LogP contribution in [0.5, 0.6) is 0 Å². The number of carbonyl (C=O) groups excluding carboxylic acids is 2. The Labute approximate surface area is 69.6 Å². The lowest BCUT2D eigenvalue weighted by atomic mass is 10.3. The first-order valence-electron chi connectivity index (χ1n) is 3.43. The fourth-order valence-electron chi connectivity index (χ4n) is 0.721. The van der Waals surface area contributed by atoms with E-state index < -0.39 is 5.91 Å². The Hall–Kier alpha value is -1.71. The molecule has 1 rings (SSSR count). The normalized spacial score (nSPS) is 9.08. The number of carbonyl (C=O) groups is 2. The van der Waals surface area contributed by atoms with Crippen LogP contribution in [0.1, 0.15) is 17.4 Å². The molecule has 0 aliphatic carbocycles. The zero-order valence-corrected chi connectivity index (χ0v) is 6.57. The van der Waals surface area contributed by atoms with E-state index in [1.165, 1.54) is 19.2 Å². The van der Waals surface area contributed by atoms with Crippen molar-refractivity contribution in [3.05, 3.63) is 30.1 Å². The van der Waals surface area contributed by atoms with E-state index in [0.29, 0.717) is 0 Å². The second-order valence-electron chi connectivity index (χ2n) is 2.23. The molecule has 1 heterocycles. The van der Waals surface area contributed by atoms with Gasteiger partial charge >= 0.3 is 0 Å². The highest BCUT2D eigenvalue weighted by atomic mass is 16.2. The molecule has 0 unspecified atom stereocenters. The van der Waals surface area contributed by atoms with Gasteiger partial charge in [0, 0.05) is 13.1 Å². The van der Waals surface area contributed by atoms with Crippen LogP contribution in [0, 0.1) is 0 Å². The maximum Gasteiger partial charge on any atom is 0.276 e. The minimum absolute atomic E-state index is 0.243. The molecule has 0 atom stereocenters. The minimum atomic E-state index is -0.469. The third-order valence-electron chi connectivity index (χ3n) is 1.19. The highest BCUT2D eigenvalue weighted by Gasteiger charge is 2.06. The Morgan fingerprint density at radius 3 is 2.67 bits per heavy atom. The Morgan fingerprint density at radius 1 is 1.42 bits per heavy atom. The lowest BCUT2D eigenvalue weighted by Gasteiger charge is -1.97. The van der Waals surface area contributed by atoms with Gasteiger partial charge in [-0.2, -0.15) is 0 Å². The second kappa shape index (κ2) is 3.61. The van der Waals surface area contributed by atoms with Gasteiger partial charge in [-0.25, -0.2) is 0 Å². The van der Waals surface area contributed by atoms with Crippen LogP contribution in [0.3, 0.4) is 0 Å². The number of hydrogen-bond acceptors (Lipinski definition) is 3. The highest BCUT2D eigenvalue weighted by Crippen LogP contribution is 1.91. The Kier molecular flexibility index (Phi) is 2.53. The van der Waals surface area contributed by atoms with Crippen LogP contribution in [0.25, 0.3) is 0 Å². The molecule has 0 bridgehead atoms. The molecule has 0 saturated carbocycles. The number of pyridine rings is 1. The van der Waals surface area contributed by atoms with Gasteiger partial charge in [-0.3, -0.25) is 19.9 Å². The van der Waals surface area contributed by atoms with Crippen molar-refractivity contribution in [3.8, 4) is 0 Å². The van der Waals surface area contributed by atoms with Crippen molar-refractivity contribution < 1.29 is 9.59 Å². The molecule has 2 amide bonds. The first-order valence-corrected chi connectivity index (χ1v) is 3.43. The average molecular weight is 164 g/mol. The monoisotopic (exact) mass is 164 g/mol. The van der Waals surface area contributed by atoms with Crippen LogP contribution in [0.4, 0.5) is 0 Å².